The predicted octanol–water partition coefficient (Wildman–Crippen LogP) is 4.95. The lowest BCUT2D eigenvalue weighted by Gasteiger charge is -2.30. The third kappa shape index (κ3) is 4.25. The standard InChI is InChI=1S/C23H17BrCl2N2O4/c24-14-7-5-13(6-8-14)20(29)12-27(21(30)18-10-9-15(25)11-19(18)26)28-22(31)16-3-1-2-4-17(16)23(28)32/h1-2,5-11,16-17H,3-4,12H2/t16-,17-/m1/s1. The number of amides is 3. The van der Waals surface area contributed by atoms with Gasteiger partial charge in [0, 0.05) is 15.1 Å². The van der Waals surface area contributed by atoms with Gasteiger partial charge in [-0.15, -0.1) is 0 Å². The van der Waals surface area contributed by atoms with Crippen LogP contribution in [0.5, 0.6) is 0 Å². The van der Waals surface area contributed by atoms with Crippen LogP contribution in [0, 0.1) is 11.8 Å². The average molecular weight is 536 g/mol. The van der Waals surface area contributed by atoms with E-state index in [1.165, 1.54) is 18.2 Å². The van der Waals surface area contributed by atoms with Crippen molar-refractivity contribution in [3.63, 3.8) is 0 Å². The van der Waals surface area contributed by atoms with Gasteiger partial charge in [-0.2, -0.15) is 5.01 Å². The SMILES string of the molecule is O=C(CN(C(=O)c1ccc(Cl)cc1Cl)N1C(=O)[C@@H]2CC=CC[C@H]2C1=O)c1ccc(Br)cc1. The molecule has 0 spiro atoms. The Morgan fingerprint density at radius 1 is 0.969 bits per heavy atom. The maximum absolute atomic E-state index is 13.5. The van der Waals surface area contributed by atoms with Crippen LogP contribution >= 0.6 is 39.1 Å². The zero-order chi connectivity index (χ0) is 23.0. The molecule has 1 fully saturated rings. The van der Waals surface area contributed by atoms with E-state index >= 15 is 0 Å². The van der Waals surface area contributed by atoms with Crippen LogP contribution in [0.3, 0.4) is 0 Å². The summed E-state index contributed by atoms with van der Waals surface area (Å²) in [7, 11) is 0. The van der Waals surface area contributed by atoms with Crippen LogP contribution in [0.4, 0.5) is 0 Å². The van der Waals surface area contributed by atoms with E-state index in [2.05, 4.69) is 15.9 Å². The van der Waals surface area contributed by atoms with Gasteiger partial charge in [-0.25, -0.2) is 5.01 Å². The second kappa shape index (κ2) is 9.17. The molecule has 1 heterocycles. The van der Waals surface area contributed by atoms with E-state index in [4.69, 9.17) is 23.2 Å². The number of rotatable bonds is 5. The number of carbonyl (C=O) groups is 4. The monoisotopic (exact) mass is 534 g/mol. The van der Waals surface area contributed by atoms with Gasteiger partial charge in [0.15, 0.2) is 5.78 Å². The number of fused-ring (bicyclic) bond motifs is 1. The molecule has 1 aliphatic carbocycles. The van der Waals surface area contributed by atoms with Gasteiger partial charge in [-0.1, -0.05) is 63.4 Å². The quantitative estimate of drug-likeness (QED) is 0.308. The fourth-order valence-electron chi connectivity index (χ4n) is 3.92. The van der Waals surface area contributed by atoms with Gasteiger partial charge in [0.05, 0.1) is 22.4 Å². The molecular formula is C23H17BrCl2N2O4. The molecule has 6 nitrogen and oxygen atoms in total. The van der Waals surface area contributed by atoms with E-state index in [1.807, 2.05) is 12.2 Å². The summed E-state index contributed by atoms with van der Waals surface area (Å²) in [6.07, 6.45) is 4.53. The number of halogens is 3. The van der Waals surface area contributed by atoms with E-state index in [0.29, 0.717) is 23.4 Å². The first kappa shape index (κ1) is 22.7. The number of hydrogen-bond acceptors (Lipinski definition) is 4. The highest BCUT2D eigenvalue weighted by molar-refractivity contribution is 9.10. The number of carbonyl (C=O) groups excluding carboxylic acids is 4. The van der Waals surface area contributed by atoms with Crippen molar-refractivity contribution in [1.82, 2.24) is 10.0 Å². The third-order valence-corrected chi connectivity index (χ3v) is 6.66. The molecule has 1 saturated heterocycles. The normalized spacial score (nSPS) is 19.8. The van der Waals surface area contributed by atoms with Crippen molar-refractivity contribution in [1.29, 1.82) is 0 Å². The van der Waals surface area contributed by atoms with Crippen LogP contribution < -0.4 is 0 Å². The lowest BCUT2D eigenvalue weighted by molar-refractivity contribution is -0.154. The molecule has 9 heteroatoms. The molecule has 3 amide bonds. The fraction of sp³-hybridized carbons (Fsp3) is 0.217. The summed E-state index contributed by atoms with van der Waals surface area (Å²) in [5.74, 6) is -3.25. The number of hydrazine groups is 1. The molecule has 2 aliphatic rings. The number of Topliss-reactive ketones (excluding diaryl/α,β-unsaturated/α-hetero) is 1. The largest absolute Gasteiger partial charge is 0.292 e. The van der Waals surface area contributed by atoms with E-state index in [-0.39, 0.29) is 10.6 Å². The molecule has 32 heavy (non-hydrogen) atoms. The average Bonchev–Trinajstić information content (AvgIpc) is 3.02. The van der Waals surface area contributed by atoms with Crippen LogP contribution in [-0.4, -0.2) is 40.1 Å². The molecule has 0 radical (unpaired) electrons. The molecule has 1 aliphatic heterocycles. The smallest absolute Gasteiger partial charge is 0.274 e. The van der Waals surface area contributed by atoms with Crippen LogP contribution in [0.2, 0.25) is 10.0 Å². The Labute approximate surface area is 202 Å². The van der Waals surface area contributed by atoms with E-state index < -0.39 is 41.9 Å². The summed E-state index contributed by atoms with van der Waals surface area (Å²) in [5.41, 5.74) is 0.375. The fourth-order valence-corrected chi connectivity index (χ4v) is 4.67. The number of imide groups is 1. The summed E-state index contributed by atoms with van der Waals surface area (Å²) in [4.78, 5) is 52.7. The topological polar surface area (TPSA) is 74.8 Å². The van der Waals surface area contributed by atoms with E-state index in [1.54, 1.807) is 24.3 Å². The van der Waals surface area contributed by atoms with Gasteiger partial charge in [0.2, 0.25) is 0 Å². The van der Waals surface area contributed by atoms with Gasteiger partial charge >= 0.3 is 0 Å². The summed E-state index contributed by atoms with van der Waals surface area (Å²) in [5, 5.41) is 2.12. The van der Waals surface area contributed by atoms with Gasteiger partial charge in [0.1, 0.15) is 6.54 Å². The highest BCUT2D eigenvalue weighted by Crippen LogP contribution is 2.36. The van der Waals surface area contributed by atoms with Crippen LogP contribution in [0.15, 0.2) is 59.1 Å². The van der Waals surface area contributed by atoms with E-state index in [0.717, 1.165) is 14.5 Å². The van der Waals surface area contributed by atoms with Crippen molar-refractivity contribution in [2.24, 2.45) is 11.8 Å². The van der Waals surface area contributed by atoms with Crippen LogP contribution in [0.25, 0.3) is 0 Å². The summed E-state index contributed by atoms with van der Waals surface area (Å²) in [6, 6.07) is 10.9. The minimum atomic E-state index is -0.731. The number of nitrogens with zero attached hydrogens (tertiary/aromatic N) is 2. The molecule has 0 N–H and O–H groups in total. The Balaban J connectivity index is 1.71. The Morgan fingerprint density at radius 2 is 1.56 bits per heavy atom. The minimum Gasteiger partial charge on any atom is -0.292 e. The number of allylic oxidation sites excluding steroid dienone is 2. The minimum absolute atomic E-state index is 0.0354. The molecule has 4 rings (SSSR count). The maximum atomic E-state index is 13.5. The van der Waals surface area contributed by atoms with Crippen molar-refractivity contribution in [2.75, 3.05) is 6.54 Å². The lowest BCUT2D eigenvalue weighted by Crippen LogP contribution is -2.52. The van der Waals surface area contributed by atoms with Crippen LogP contribution in [0.1, 0.15) is 33.6 Å². The summed E-state index contributed by atoms with van der Waals surface area (Å²) < 4.78 is 0.788. The molecule has 2 aromatic rings. The highest BCUT2D eigenvalue weighted by atomic mass is 79.9. The Hall–Kier alpha value is -2.48. The van der Waals surface area contributed by atoms with Gasteiger partial charge in [-0.05, 0) is 43.2 Å². The molecular weight excluding hydrogens is 519 g/mol. The van der Waals surface area contributed by atoms with Crippen LogP contribution in [-0.2, 0) is 9.59 Å². The van der Waals surface area contributed by atoms with Crippen molar-refractivity contribution in [3.8, 4) is 0 Å². The lowest BCUT2D eigenvalue weighted by atomic mass is 9.85. The predicted molar refractivity (Wildman–Crippen MR) is 123 cm³/mol. The van der Waals surface area contributed by atoms with E-state index in [9.17, 15) is 19.2 Å². The molecule has 0 saturated carbocycles. The summed E-state index contributed by atoms with van der Waals surface area (Å²) in [6.45, 7) is -0.496. The first-order valence-corrected chi connectivity index (χ1v) is 11.4. The summed E-state index contributed by atoms with van der Waals surface area (Å²) >= 11 is 15.5. The zero-order valence-electron chi connectivity index (χ0n) is 16.6. The number of hydrogen-bond donors (Lipinski definition) is 0. The second-order valence-corrected chi connectivity index (χ2v) is 9.32. The first-order valence-electron chi connectivity index (χ1n) is 9.86. The Morgan fingerprint density at radius 3 is 2.12 bits per heavy atom. The van der Waals surface area contributed by atoms with Crippen molar-refractivity contribution in [3.05, 3.63) is 80.3 Å². The van der Waals surface area contributed by atoms with Gasteiger partial charge in [-0.3, -0.25) is 19.2 Å². The Bertz CT molecular complexity index is 1120. The molecule has 2 aromatic carbocycles. The molecule has 0 aromatic heterocycles. The number of ketones is 1. The Kier molecular flexibility index (Phi) is 6.51. The number of benzene rings is 2. The first-order chi connectivity index (χ1) is 15.3. The molecule has 164 valence electrons. The van der Waals surface area contributed by atoms with Gasteiger partial charge < -0.3 is 0 Å². The molecule has 0 bridgehead atoms. The zero-order valence-corrected chi connectivity index (χ0v) is 19.7. The van der Waals surface area contributed by atoms with Crippen molar-refractivity contribution < 1.29 is 19.2 Å². The molecule has 0 unspecified atom stereocenters. The third-order valence-electron chi connectivity index (χ3n) is 5.58. The maximum Gasteiger partial charge on any atom is 0.274 e. The van der Waals surface area contributed by atoms with Crippen molar-refractivity contribution in [2.45, 2.75) is 12.8 Å². The van der Waals surface area contributed by atoms with Gasteiger partial charge in [0.25, 0.3) is 17.7 Å². The highest BCUT2D eigenvalue weighted by Gasteiger charge is 2.51. The second-order valence-electron chi connectivity index (χ2n) is 7.56. The molecule has 2 atom stereocenters. The van der Waals surface area contributed by atoms with Crippen molar-refractivity contribution >= 4 is 62.6 Å².